The third-order valence-corrected chi connectivity index (χ3v) is 3.30. The van der Waals surface area contributed by atoms with E-state index in [-0.39, 0.29) is 0 Å². The number of aromatic nitrogens is 2. The molecule has 0 spiro atoms. The third kappa shape index (κ3) is 3.55. The van der Waals surface area contributed by atoms with Gasteiger partial charge in [-0.25, -0.2) is 0 Å². The molecule has 0 aliphatic heterocycles. The summed E-state index contributed by atoms with van der Waals surface area (Å²) in [5, 5.41) is 8.01. The van der Waals surface area contributed by atoms with Gasteiger partial charge >= 0.3 is 0 Å². The van der Waals surface area contributed by atoms with E-state index in [4.69, 9.17) is 12.2 Å². The fraction of sp³-hybridized carbons (Fsp3) is 0.778. The SMILES string of the molecule is CCN(c1n[nH]c(=S)s1)C(C)CN(C)C. The monoisotopic (exact) mass is 246 g/mol. The molecule has 1 heterocycles. The van der Waals surface area contributed by atoms with Crippen molar-refractivity contribution in [3.63, 3.8) is 0 Å². The molecule has 86 valence electrons. The zero-order chi connectivity index (χ0) is 11.4. The smallest absolute Gasteiger partial charge is 0.207 e. The fourth-order valence-electron chi connectivity index (χ4n) is 1.61. The number of nitrogens with zero attached hydrogens (tertiary/aromatic N) is 3. The maximum absolute atomic E-state index is 5.04. The van der Waals surface area contributed by atoms with Crippen LogP contribution in [0, 0.1) is 3.95 Å². The van der Waals surface area contributed by atoms with E-state index in [1.54, 1.807) is 0 Å². The summed E-state index contributed by atoms with van der Waals surface area (Å²) in [4.78, 5) is 4.44. The summed E-state index contributed by atoms with van der Waals surface area (Å²) in [5.74, 6) is 0. The zero-order valence-corrected chi connectivity index (χ0v) is 11.3. The highest BCUT2D eigenvalue weighted by molar-refractivity contribution is 7.73. The van der Waals surface area contributed by atoms with E-state index in [2.05, 4.69) is 47.9 Å². The highest BCUT2D eigenvalue weighted by Gasteiger charge is 2.16. The number of H-pyrrole nitrogens is 1. The molecule has 0 aromatic carbocycles. The lowest BCUT2D eigenvalue weighted by Gasteiger charge is -2.29. The molecule has 0 aliphatic rings. The maximum Gasteiger partial charge on any atom is 0.207 e. The Labute approximate surface area is 99.9 Å². The van der Waals surface area contributed by atoms with E-state index in [1.807, 2.05) is 0 Å². The molecule has 1 aromatic heterocycles. The second-order valence-corrected chi connectivity index (χ2v) is 5.44. The highest BCUT2D eigenvalue weighted by Crippen LogP contribution is 2.19. The Hall–Kier alpha value is -0.460. The predicted octanol–water partition coefficient (Wildman–Crippen LogP) is 1.98. The van der Waals surface area contributed by atoms with Gasteiger partial charge in [0.1, 0.15) is 0 Å². The number of anilines is 1. The van der Waals surface area contributed by atoms with Crippen molar-refractivity contribution < 1.29 is 0 Å². The first-order valence-corrected chi connectivity index (χ1v) is 6.24. The average molecular weight is 246 g/mol. The van der Waals surface area contributed by atoms with Gasteiger partial charge in [-0.15, -0.1) is 5.10 Å². The molecule has 1 unspecified atom stereocenters. The Balaban J connectivity index is 2.75. The van der Waals surface area contributed by atoms with Crippen LogP contribution in [-0.2, 0) is 0 Å². The molecule has 0 radical (unpaired) electrons. The molecule has 0 amide bonds. The van der Waals surface area contributed by atoms with Crippen LogP contribution in [0.3, 0.4) is 0 Å². The molecule has 1 rings (SSSR count). The topological polar surface area (TPSA) is 35.2 Å². The Morgan fingerprint density at radius 3 is 2.60 bits per heavy atom. The van der Waals surface area contributed by atoms with Crippen LogP contribution < -0.4 is 4.90 Å². The number of likely N-dealkylation sites (N-methyl/N-ethyl adjacent to an activating group) is 2. The standard InChI is InChI=1S/C9H18N4S2/c1-5-13(7(2)6-12(3)4)8-10-11-9(14)15-8/h7H,5-6H2,1-4H3,(H,11,14). The summed E-state index contributed by atoms with van der Waals surface area (Å²) in [6.45, 7) is 6.30. The average Bonchev–Trinajstić information content (AvgIpc) is 2.51. The molecule has 1 aromatic rings. The maximum atomic E-state index is 5.04. The molecular formula is C9H18N4S2. The first kappa shape index (κ1) is 12.6. The Morgan fingerprint density at radius 2 is 2.20 bits per heavy atom. The minimum absolute atomic E-state index is 0.443. The van der Waals surface area contributed by atoms with Crippen LogP contribution in [-0.4, -0.2) is 48.3 Å². The Bertz CT molecular complexity index is 344. The summed E-state index contributed by atoms with van der Waals surface area (Å²) >= 11 is 6.57. The van der Waals surface area contributed by atoms with E-state index in [0.717, 1.165) is 22.2 Å². The van der Waals surface area contributed by atoms with Crippen molar-refractivity contribution in [1.82, 2.24) is 15.1 Å². The summed E-state index contributed by atoms with van der Waals surface area (Å²) in [7, 11) is 4.16. The van der Waals surface area contributed by atoms with E-state index in [0.29, 0.717) is 6.04 Å². The lowest BCUT2D eigenvalue weighted by molar-refractivity contribution is 0.372. The van der Waals surface area contributed by atoms with Crippen molar-refractivity contribution in [3.05, 3.63) is 3.95 Å². The van der Waals surface area contributed by atoms with Crippen molar-refractivity contribution >= 4 is 28.7 Å². The van der Waals surface area contributed by atoms with Crippen LogP contribution in [0.2, 0.25) is 0 Å². The van der Waals surface area contributed by atoms with Gasteiger partial charge in [-0.3, -0.25) is 5.10 Å². The second kappa shape index (κ2) is 5.58. The number of hydrogen-bond donors (Lipinski definition) is 1. The van der Waals surface area contributed by atoms with Crippen LogP contribution in [0.15, 0.2) is 0 Å². The van der Waals surface area contributed by atoms with Crippen molar-refractivity contribution in [1.29, 1.82) is 0 Å². The van der Waals surface area contributed by atoms with Crippen LogP contribution in [0.5, 0.6) is 0 Å². The Morgan fingerprint density at radius 1 is 1.53 bits per heavy atom. The second-order valence-electron chi connectivity index (χ2n) is 3.79. The molecule has 0 fully saturated rings. The van der Waals surface area contributed by atoms with Crippen LogP contribution >= 0.6 is 23.6 Å². The first-order chi connectivity index (χ1) is 7.04. The molecule has 15 heavy (non-hydrogen) atoms. The number of hydrogen-bond acceptors (Lipinski definition) is 5. The minimum atomic E-state index is 0.443. The van der Waals surface area contributed by atoms with Gasteiger partial charge in [0.25, 0.3) is 0 Å². The molecule has 1 atom stereocenters. The van der Waals surface area contributed by atoms with Gasteiger partial charge < -0.3 is 9.80 Å². The normalized spacial score (nSPS) is 13.1. The van der Waals surface area contributed by atoms with Gasteiger partial charge in [0.15, 0.2) is 3.95 Å². The quantitative estimate of drug-likeness (QED) is 0.806. The van der Waals surface area contributed by atoms with E-state index in [9.17, 15) is 0 Å². The van der Waals surface area contributed by atoms with Gasteiger partial charge in [0, 0.05) is 19.1 Å². The molecular weight excluding hydrogens is 228 g/mol. The fourth-order valence-corrected chi connectivity index (χ4v) is 2.65. The van der Waals surface area contributed by atoms with Gasteiger partial charge in [-0.2, -0.15) is 0 Å². The molecule has 0 saturated carbocycles. The minimum Gasteiger partial charge on any atom is -0.343 e. The third-order valence-electron chi connectivity index (χ3n) is 2.17. The lowest BCUT2D eigenvalue weighted by atomic mass is 10.3. The largest absolute Gasteiger partial charge is 0.343 e. The van der Waals surface area contributed by atoms with Crippen molar-refractivity contribution in [2.75, 3.05) is 32.1 Å². The zero-order valence-electron chi connectivity index (χ0n) is 9.65. The van der Waals surface area contributed by atoms with Crippen molar-refractivity contribution in [2.45, 2.75) is 19.9 Å². The molecule has 4 nitrogen and oxygen atoms in total. The van der Waals surface area contributed by atoms with Gasteiger partial charge in [0.05, 0.1) is 0 Å². The number of nitrogens with one attached hydrogen (secondary N) is 1. The van der Waals surface area contributed by atoms with Gasteiger partial charge in [-0.1, -0.05) is 11.3 Å². The number of rotatable bonds is 5. The number of aromatic amines is 1. The van der Waals surface area contributed by atoms with Gasteiger partial charge in [-0.05, 0) is 40.2 Å². The molecule has 6 heteroatoms. The highest BCUT2D eigenvalue weighted by atomic mass is 32.1. The first-order valence-electron chi connectivity index (χ1n) is 5.01. The van der Waals surface area contributed by atoms with Gasteiger partial charge in [0.2, 0.25) is 5.13 Å². The van der Waals surface area contributed by atoms with E-state index in [1.165, 1.54) is 11.3 Å². The Kier molecular flexibility index (Phi) is 4.69. The summed E-state index contributed by atoms with van der Waals surface area (Å²) in [6, 6.07) is 0.443. The summed E-state index contributed by atoms with van der Waals surface area (Å²) in [5.41, 5.74) is 0. The molecule has 0 aliphatic carbocycles. The van der Waals surface area contributed by atoms with Crippen molar-refractivity contribution in [3.8, 4) is 0 Å². The summed E-state index contributed by atoms with van der Waals surface area (Å²) < 4.78 is 0.737. The molecule has 1 N–H and O–H groups in total. The lowest BCUT2D eigenvalue weighted by Crippen LogP contribution is -2.40. The molecule has 0 saturated heterocycles. The predicted molar refractivity (Wildman–Crippen MR) is 68.3 cm³/mol. The van der Waals surface area contributed by atoms with Crippen LogP contribution in [0.4, 0.5) is 5.13 Å². The summed E-state index contributed by atoms with van der Waals surface area (Å²) in [6.07, 6.45) is 0. The van der Waals surface area contributed by atoms with Crippen LogP contribution in [0.1, 0.15) is 13.8 Å². The van der Waals surface area contributed by atoms with Crippen molar-refractivity contribution in [2.24, 2.45) is 0 Å². The van der Waals surface area contributed by atoms with E-state index >= 15 is 0 Å². The van der Waals surface area contributed by atoms with Crippen LogP contribution in [0.25, 0.3) is 0 Å². The molecule has 0 bridgehead atoms. The van der Waals surface area contributed by atoms with E-state index < -0.39 is 0 Å².